The summed E-state index contributed by atoms with van der Waals surface area (Å²) < 4.78 is 0. The van der Waals surface area contributed by atoms with Gasteiger partial charge < -0.3 is 5.11 Å². The minimum Gasteiger partial charge on any atom is -0.481 e. The molecular weight excluding hydrogens is 176 g/mol. The highest BCUT2D eigenvalue weighted by atomic mass is 16.4. The third-order valence-corrected chi connectivity index (χ3v) is 2.95. The van der Waals surface area contributed by atoms with Gasteiger partial charge in [0, 0.05) is 6.42 Å². The number of carbonyl (C=O) groups is 1. The first-order chi connectivity index (χ1) is 6.79. The molecule has 0 heterocycles. The molecule has 0 aromatic carbocycles. The van der Waals surface area contributed by atoms with E-state index in [4.69, 9.17) is 5.11 Å². The van der Waals surface area contributed by atoms with Gasteiger partial charge in [-0.25, -0.2) is 0 Å². The molecule has 1 N–H and O–H groups in total. The van der Waals surface area contributed by atoms with Crippen molar-refractivity contribution in [2.45, 2.75) is 64.2 Å². The highest BCUT2D eigenvalue weighted by molar-refractivity contribution is 5.66. The second kappa shape index (κ2) is 6.86. The van der Waals surface area contributed by atoms with Crippen molar-refractivity contribution in [3.8, 4) is 0 Å². The molecule has 1 saturated carbocycles. The molecule has 0 unspecified atom stereocenters. The average molecular weight is 198 g/mol. The molecule has 1 fully saturated rings. The second-order valence-electron chi connectivity index (χ2n) is 4.50. The monoisotopic (exact) mass is 198 g/mol. The number of hydrogen-bond donors (Lipinski definition) is 1. The molecule has 1 aliphatic rings. The van der Waals surface area contributed by atoms with Crippen molar-refractivity contribution < 1.29 is 9.90 Å². The fourth-order valence-electron chi connectivity index (χ4n) is 1.82. The lowest BCUT2D eigenvalue weighted by Crippen LogP contribution is -1.93. The quantitative estimate of drug-likeness (QED) is 0.575. The molecule has 0 atom stereocenters. The van der Waals surface area contributed by atoms with Crippen LogP contribution in [0.1, 0.15) is 64.2 Å². The van der Waals surface area contributed by atoms with Crippen LogP contribution in [-0.4, -0.2) is 11.1 Å². The minimum atomic E-state index is -0.654. The minimum absolute atomic E-state index is 0.349. The first-order valence-corrected chi connectivity index (χ1v) is 6.01. The van der Waals surface area contributed by atoms with Crippen LogP contribution in [0.2, 0.25) is 0 Å². The predicted molar refractivity (Wildman–Crippen MR) is 57.3 cm³/mol. The predicted octanol–water partition coefficient (Wildman–Crippen LogP) is 3.60. The average Bonchev–Trinajstić information content (AvgIpc) is 2.92. The van der Waals surface area contributed by atoms with E-state index in [1.807, 2.05) is 0 Å². The van der Waals surface area contributed by atoms with E-state index in [2.05, 4.69) is 0 Å². The van der Waals surface area contributed by atoms with Crippen LogP contribution in [0, 0.1) is 5.92 Å². The third kappa shape index (κ3) is 6.93. The molecule has 2 nitrogen and oxygen atoms in total. The first kappa shape index (κ1) is 11.5. The fourth-order valence-corrected chi connectivity index (χ4v) is 1.82. The first-order valence-electron chi connectivity index (χ1n) is 6.01. The van der Waals surface area contributed by atoms with Crippen molar-refractivity contribution in [2.24, 2.45) is 5.92 Å². The summed E-state index contributed by atoms with van der Waals surface area (Å²) in [5.41, 5.74) is 0. The summed E-state index contributed by atoms with van der Waals surface area (Å²) in [4.78, 5) is 10.2. The summed E-state index contributed by atoms with van der Waals surface area (Å²) in [5.74, 6) is 0.417. The molecule has 0 aliphatic heterocycles. The van der Waals surface area contributed by atoms with Crippen molar-refractivity contribution in [3.05, 3.63) is 0 Å². The van der Waals surface area contributed by atoms with Gasteiger partial charge in [-0.2, -0.15) is 0 Å². The lowest BCUT2D eigenvalue weighted by atomic mass is 10.1. The van der Waals surface area contributed by atoms with E-state index < -0.39 is 5.97 Å². The van der Waals surface area contributed by atoms with Gasteiger partial charge in [-0.05, 0) is 12.3 Å². The fraction of sp³-hybridized carbons (Fsp3) is 0.917. The van der Waals surface area contributed by atoms with E-state index in [0.717, 1.165) is 18.8 Å². The van der Waals surface area contributed by atoms with Crippen molar-refractivity contribution in [1.82, 2.24) is 0 Å². The summed E-state index contributed by atoms with van der Waals surface area (Å²) in [6.45, 7) is 0. The summed E-state index contributed by atoms with van der Waals surface area (Å²) in [5, 5.41) is 8.42. The molecule has 2 heteroatoms. The van der Waals surface area contributed by atoms with E-state index in [0.29, 0.717) is 6.42 Å². The lowest BCUT2D eigenvalue weighted by molar-refractivity contribution is -0.137. The molecule has 1 aliphatic carbocycles. The molecule has 82 valence electrons. The van der Waals surface area contributed by atoms with Crippen LogP contribution in [0.5, 0.6) is 0 Å². The Hall–Kier alpha value is -0.530. The summed E-state index contributed by atoms with van der Waals surface area (Å²) >= 11 is 0. The van der Waals surface area contributed by atoms with Crippen LogP contribution in [0.4, 0.5) is 0 Å². The smallest absolute Gasteiger partial charge is 0.303 e. The Morgan fingerprint density at radius 3 is 2.14 bits per heavy atom. The Morgan fingerprint density at radius 2 is 1.57 bits per heavy atom. The zero-order chi connectivity index (χ0) is 10.2. The Kier molecular flexibility index (Phi) is 5.65. The van der Waals surface area contributed by atoms with Gasteiger partial charge in [0.15, 0.2) is 0 Å². The maximum atomic E-state index is 10.2. The molecule has 0 bridgehead atoms. The van der Waals surface area contributed by atoms with Crippen molar-refractivity contribution in [3.63, 3.8) is 0 Å². The number of carboxylic acid groups (broad SMARTS) is 1. The normalized spacial score (nSPS) is 15.7. The zero-order valence-electron chi connectivity index (χ0n) is 9.00. The van der Waals surface area contributed by atoms with Crippen LogP contribution in [0.25, 0.3) is 0 Å². The largest absolute Gasteiger partial charge is 0.481 e. The van der Waals surface area contributed by atoms with Gasteiger partial charge in [0.05, 0.1) is 0 Å². The van der Waals surface area contributed by atoms with E-state index in [-0.39, 0.29) is 0 Å². The zero-order valence-corrected chi connectivity index (χ0v) is 9.00. The Labute approximate surface area is 86.7 Å². The van der Waals surface area contributed by atoms with E-state index in [9.17, 15) is 4.79 Å². The van der Waals surface area contributed by atoms with E-state index in [1.54, 1.807) is 0 Å². The number of hydrogen-bond acceptors (Lipinski definition) is 1. The Balaban J connectivity index is 1.68. The lowest BCUT2D eigenvalue weighted by Gasteiger charge is -2.00. The van der Waals surface area contributed by atoms with Gasteiger partial charge in [0.25, 0.3) is 0 Å². The molecule has 0 aromatic rings. The number of rotatable bonds is 9. The van der Waals surface area contributed by atoms with Crippen LogP contribution in [0.3, 0.4) is 0 Å². The number of unbranched alkanes of at least 4 members (excludes halogenated alkanes) is 5. The molecule has 0 amide bonds. The van der Waals surface area contributed by atoms with Crippen LogP contribution < -0.4 is 0 Å². The van der Waals surface area contributed by atoms with Gasteiger partial charge in [-0.3, -0.25) is 4.79 Å². The van der Waals surface area contributed by atoms with Gasteiger partial charge >= 0.3 is 5.97 Å². The number of carboxylic acids is 1. The van der Waals surface area contributed by atoms with Crippen molar-refractivity contribution >= 4 is 5.97 Å². The van der Waals surface area contributed by atoms with Crippen LogP contribution in [-0.2, 0) is 4.79 Å². The molecule has 0 aromatic heterocycles. The second-order valence-corrected chi connectivity index (χ2v) is 4.50. The van der Waals surface area contributed by atoms with Gasteiger partial charge in [0.1, 0.15) is 0 Å². The molecule has 0 spiro atoms. The number of aliphatic carboxylic acids is 1. The summed E-state index contributed by atoms with van der Waals surface area (Å²) in [6, 6.07) is 0. The van der Waals surface area contributed by atoms with Gasteiger partial charge in [-0.15, -0.1) is 0 Å². The third-order valence-electron chi connectivity index (χ3n) is 2.95. The van der Waals surface area contributed by atoms with E-state index >= 15 is 0 Å². The molecule has 1 rings (SSSR count). The SMILES string of the molecule is O=C(O)CCCCCCCCC1CC1. The molecule has 14 heavy (non-hydrogen) atoms. The summed E-state index contributed by atoms with van der Waals surface area (Å²) in [7, 11) is 0. The Morgan fingerprint density at radius 1 is 1.00 bits per heavy atom. The van der Waals surface area contributed by atoms with Crippen LogP contribution >= 0.6 is 0 Å². The maximum Gasteiger partial charge on any atom is 0.303 e. The van der Waals surface area contributed by atoms with E-state index in [1.165, 1.54) is 44.9 Å². The van der Waals surface area contributed by atoms with Gasteiger partial charge in [-0.1, -0.05) is 51.4 Å². The molecule has 0 saturated heterocycles. The van der Waals surface area contributed by atoms with Crippen molar-refractivity contribution in [1.29, 1.82) is 0 Å². The van der Waals surface area contributed by atoms with Crippen LogP contribution in [0.15, 0.2) is 0 Å². The maximum absolute atomic E-state index is 10.2. The standard InChI is InChI=1S/C12H22O2/c13-12(14)8-6-4-2-1-3-5-7-11-9-10-11/h11H,1-10H2,(H,13,14). The summed E-state index contributed by atoms with van der Waals surface area (Å²) in [6.07, 6.45) is 11.9. The highest BCUT2D eigenvalue weighted by Gasteiger charge is 2.19. The highest BCUT2D eigenvalue weighted by Crippen LogP contribution is 2.34. The molecule has 0 radical (unpaired) electrons. The topological polar surface area (TPSA) is 37.3 Å². The Bertz CT molecular complexity index is 162. The van der Waals surface area contributed by atoms with Crippen molar-refractivity contribution in [2.75, 3.05) is 0 Å². The molecular formula is C12H22O2. The van der Waals surface area contributed by atoms with Gasteiger partial charge in [0.2, 0.25) is 0 Å².